The smallest absolute Gasteiger partial charge is 0.165 e. The lowest BCUT2D eigenvalue weighted by Crippen LogP contribution is -2.25. The molecule has 3 heterocycles. The highest BCUT2D eigenvalue weighted by Crippen LogP contribution is 2.37. The normalized spacial score (nSPS) is 13.9. The Morgan fingerprint density at radius 3 is 2.75 bits per heavy atom. The Morgan fingerprint density at radius 1 is 1.21 bits per heavy atom. The first-order chi connectivity index (χ1) is 13.7. The van der Waals surface area contributed by atoms with Crippen LogP contribution >= 0.6 is 11.3 Å². The molecule has 1 N–H and O–H groups in total. The number of pyridine rings is 1. The van der Waals surface area contributed by atoms with Gasteiger partial charge in [0, 0.05) is 24.4 Å². The summed E-state index contributed by atoms with van der Waals surface area (Å²) in [6.45, 7) is 3.88. The molecular weight excluding hydrogens is 372 g/mol. The zero-order valence-electron chi connectivity index (χ0n) is 16.1. The molecule has 0 aliphatic carbocycles. The first kappa shape index (κ1) is 18.8. The molecule has 5 nitrogen and oxygen atoms in total. The molecule has 0 spiro atoms. The quantitative estimate of drug-likeness (QED) is 0.645. The van der Waals surface area contributed by atoms with Gasteiger partial charge in [-0.1, -0.05) is 6.07 Å². The second-order valence-electron chi connectivity index (χ2n) is 6.78. The van der Waals surface area contributed by atoms with E-state index in [4.69, 9.17) is 14.2 Å². The molecule has 6 heteroatoms. The van der Waals surface area contributed by atoms with Crippen LogP contribution in [0.15, 0.2) is 47.3 Å². The second kappa shape index (κ2) is 8.63. The van der Waals surface area contributed by atoms with Crippen LogP contribution in [0.1, 0.15) is 28.4 Å². The lowest BCUT2D eigenvalue weighted by molar-refractivity contribution is 0.170. The number of ether oxygens (including phenoxy) is 3. The van der Waals surface area contributed by atoms with Crippen LogP contribution in [-0.2, 0) is 13.0 Å². The number of methoxy groups -OCH3 is 1. The van der Waals surface area contributed by atoms with Crippen LogP contribution in [0.4, 0.5) is 0 Å². The van der Waals surface area contributed by atoms with E-state index >= 15 is 0 Å². The van der Waals surface area contributed by atoms with E-state index in [-0.39, 0.29) is 6.04 Å². The van der Waals surface area contributed by atoms with Crippen LogP contribution in [0.2, 0.25) is 0 Å². The Hall–Kier alpha value is -2.57. The molecule has 3 aromatic rings. The number of nitrogens with one attached hydrogen (secondary N) is 1. The third kappa shape index (κ3) is 4.13. The van der Waals surface area contributed by atoms with E-state index in [0.29, 0.717) is 19.8 Å². The van der Waals surface area contributed by atoms with Crippen molar-refractivity contribution in [1.29, 1.82) is 0 Å². The van der Waals surface area contributed by atoms with Crippen LogP contribution < -0.4 is 19.5 Å². The van der Waals surface area contributed by atoms with Crippen LogP contribution in [0.3, 0.4) is 0 Å². The summed E-state index contributed by atoms with van der Waals surface area (Å²) < 4.78 is 17.0. The summed E-state index contributed by atoms with van der Waals surface area (Å²) in [6, 6.07) is 10.3. The summed E-state index contributed by atoms with van der Waals surface area (Å²) in [5.41, 5.74) is 4.60. The molecule has 1 unspecified atom stereocenters. The van der Waals surface area contributed by atoms with Crippen molar-refractivity contribution in [2.24, 2.45) is 0 Å². The molecule has 1 aliphatic heterocycles. The van der Waals surface area contributed by atoms with Crippen molar-refractivity contribution in [2.45, 2.75) is 25.9 Å². The van der Waals surface area contributed by atoms with E-state index in [1.165, 1.54) is 11.1 Å². The molecule has 1 aromatic carbocycles. The van der Waals surface area contributed by atoms with Crippen molar-refractivity contribution >= 4 is 11.3 Å². The summed E-state index contributed by atoms with van der Waals surface area (Å²) >= 11 is 1.72. The summed E-state index contributed by atoms with van der Waals surface area (Å²) in [7, 11) is 1.68. The van der Waals surface area contributed by atoms with Gasteiger partial charge in [0.2, 0.25) is 0 Å². The van der Waals surface area contributed by atoms with Gasteiger partial charge in [-0.25, -0.2) is 0 Å². The Labute approximate surface area is 169 Å². The number of aryl methyl sites for hydroxylation is 1. The first-order valence-electron chi connectivity index (χ1n) is 9.37. The molecule has 2 aromatic heterocycles. The van der Waals surface area contributed by atoms with Gasteiger partial charge in [0.1, 0.15) is 19.0 Å². The molecule has 1 atom stereocenters. The second-order valence-corrected chi connectivity index (χ2v) is 7.56. The Morgan fingerprint density at radius 2 is 2.04 bits per heavy atom. The number of hydrogen-bond acceptors (Lipinski definition) is 6. The first-order valence-corrected chi connectivity index (χ1v) is 10.3. The van der Waals surface area contributed by atoms with Crippen molar-refractivity contribution in [3.63, 3.8) is 0 Å². The highest BCUT2D eigenvalue weighted by Gasteiger charge is 2.19. The van der Waals surface area contributed by atoms with Crippen molar-refractivity contribution in [3.05, 3.63) is 69.7 Å². The predicted molar refractivity (Wildman–Crippen MR) is 111 cm³/mol. The number of hydrogen-bond donors (Lipinski definition) is 1. The Balaban J connectivity index is 1.58. The van der Waals surface area contributed by atoms with Gasteiger partial charge in [0.15, 0.2) is 11.5 Å². The fraction of sp³-hybridized carbons (Fsp3) is 0.318. The molecule has 28 heavy (non-hydrogen) atoms. The van der Waals surface area contributed by atoms with E-state index < -0.39 is 0 Å². The molecule has 0 saturated heterocycles. The highest BCUT2D eigenvalue weighted by molar-refractivity contribution is 7.07. The van der Waals surface area contributed by atoms with Crippen LogP contribution in [0.25, 0.3) is 0 Å². The Bertz CT molecular complexity index is 928. The van der Waals surface area contributed by atoms with E-state index in [1.807, 2.05) is 24.4 Å². The maximum atomic E-state index is 5.74. The highest BCUT2D eigenvalue weighted by atomic mass is 32.1. The number of rotatable bonds is 7. The third-order valence-corrected chi connectivity index (χ3v) is 5.62. The van der Waals surface area contributed by atoms with Crippen molar-refractivity contribution < 1.29 is 14.2 Å². The molecule has 0 radical (unpaired) electrons. The molecule has 0 bridgehead atoms. The zero-order valence-corrected chi connectivity index (χ0v) is 16.9. The molecule has 146 valence electrons. The number of benzene rings is 1. The van der Waals surface area contributed by atoms with Crippen molar-refractivity contribution in [2.75, 3.05) is 20.3 Å². The number of fused-ring (bicyclic) bond motifs is 1. The van der Waals surface area contributed by atoms with E-state index in [9.17, 15) is 0 Å². The fourth-order valence-electron chi connectivity index (χ4n) is 3.45. The van der Waals surface area contributed by atoms with Gasteiger partial charge in [0.25, 0.3) is 0 Å². The summed E-state index contributed by atoms with van der Waals surface area (Å²) in [4.78, 5) is 4.65. The Kier molecular flexibility index (Phi) is 5.78. The minimum absolute atomic E-state index is 0.105. The standard InChI is InChI=1S/C22H24N2O3S/c1-15-4-3-6-23-22(15)18(10-16-5-9-28-14-16)24-13-17-11-20-21(12-19(17)25-2)27-8-7-26-20/h3-6,9,11-12,14,18,24H,7-8,10,13H2,1-2H3. The maximum Gasteiger partial charge on any atom is 0.165 e. The summed E-state index contributed by atoms with van der Waals surface area (Å²) in [5.74, 6) is 2.30. The molecule has 0 fully saturated rings. The minimum atomic E-state index is 0.105. The molecular formula is C22H24N2O3S. The molecule has 0 amide bonds. The number of nitrogens with zero attached hydrogens (tertiary/aromatic N) is 1. The van der Waals surface area contributed by atoms with Gasteiger partial charge in [-0.3, -0.25) is 4.98 Å². The molecule has 4 rings (SSSR count). The number of aromatic nitrogens is 1. The van der Waals surface area contributed by atoms with Crippen molar-refractivity contribution in [1.82, 2.24) is 10.3 Å². The van der Waals surface area contributed by atoms with Crippen LogP contribution in [0, 0.1) is 6.92 Å². The van der Waals surface area contributed by atoms with E-state index in [0.717, 1.165) is 34.9 Å². The summed E-state index contributed by atoms with van der Waals surface area (Å²) in [5, 5.41) is 7.98. The minimum Gasteiger partial charge on any atom is -0.496 e. The molecule has 1 aliphatic rings. The van der Waals surface area contributed by atoms with Gasteiger partial charge < -0.3 is 19.5 Å². The van der Waals surface area contributed by atoms with Gasteiger partial charge in [0.05, 0.1) is 18.8 Å². The van der Waals surface area contributed by atoms with Crippen LogP contribution in [-0.4, -0.2) is 25.3 Å². The van der Waals surface area contributed by atoms with Crippen LogP contribution in [0.5, 0.6) is 17.2 Å². The predicted octanol–water partition coefficient (Wildman–Crippen LogP) is 4.30. The number of thiophene rings is 1. The van der Waals surface area contributed by atoms with Gasteiger partial charge in [-0.2, -0.15) is 11.3 Å². The average molecular weight is 397 g/mol. The summed E-state index contributed by atoms with van der Waals surface area (Å²) in [6.07, 6.45) is 2.74. The lowest BCUT2D eigenvalue weighted by atomic mass is 10.0. The van der Waals surface area contributed by atoms with Crippen molar-refractivity contribution in [3.8, 4) is 17.2 Å². The molecule has 0 saturated carbocycles. The third-order valence-electron chi connectivity index (χ3n) is 4.88. The topological polar surface area (TPSA) is 52.6 Å². The fourth-order valence-corrected chi connectivity index (χ4v) is 4.13. The average Bonchev–Trinajstić information content (AvgIpc) is 3.24. The van der Waals surface area contributed by atoms with Gasteiger partial charge in [-0.15, -0.1) is 0 Å². The van der Waals surface area contributed by atoms with Gasteiger partial charge >= 0.3 is 0 Å². The SMILES string of the molecule is COc1cc2c(cc1CNC(Cc1ccsc1)c1ncccc1C)OCCO2. The maximum absolute atomic E-state index is 5.74. The van der Waals surface area contributed by atoms with E-state index in [2.05, 4.69) is 40.1 Å². The lowest BCUT2D eigenvalue weighted by Gasteiger charge is -2.23. The van der Waals surface area contributed by atoms with E-state index in [1.54, 1.807) is 18.4 Å². The van der Waals surface area contributed by atoms with Gasteiger partial charge in [-0.05, 0) is 53.4 Å². The largest absolute Gasteiger partial charge is 0.496 e. The zero-order chi connectivity index (χ0) is 19.3. The monoisotopic (exact) mass is 396 g/mol.